The number of allylic oxidation sites excluding steroid dienone is 1. The number of aliphatic hydroxyl groups is 3. The van der Waals surface area contributed by atoms with Crippen LogP contribution in [0.2, 0.25) is 0 Å². The van der Waals surface area contributed by atoms with Gasteiger partial charge in [-0.2, -0.15) is 0 Å². The molecule has 0 bridgehead atoms. The highest BCUT2D eigenvalue weighted by atomic mass is 16.6. The molecule has 0 amide bonds. The Labute approximate surface area is 233 Å². The van der Waals surface area contributed by atoms with Gasteiger partial charge in [0.05, 0.1) is 24.7 Å². The van der Waals surface area contributed by atoms with E-state index in [2.05, 4.69) is 27.7 Å². The lowest BCUT2D eigenvalue weighted by Gasteiger charge is -2.56. The highest BCUT2D eigenvalue weighted by Crippen LogP contribution is 2.60. The van der Waals surface area contributed by atoms with Gasteiger partial charge in [-0.15, -0.1) is 0 Å². The van der Waals surface area contributed by atoms with Crippen molar-refractivity contribution in [1.29, 1.82) is 0 Å². The molecule has 3 N–H and O–H groups in total. The summed E-state index contributed by atoms with van der Waals surface area (Å²) in [6, 6.07) is 0. The lowest BCUT2D eigenvalue weighted by atomic mass is 9.52. The molecule has 0 aromatic carbocycles. The number of carbonyl (C=O) groups is 3. The lowest BCUT2D eigenvalue weighted by Crippen LogP contribution is -2.70. The third-order valence-electron chi connectivity index (χ3n) is 10.3. The predicted octanol–water partition coefficient (Wildman–Crippen LogP) is 4.13. The Morgan fingerprint density at radius 1 is 1.10 bits per heavy atom. The van der Waals surface area contributed by atoms with Crippen molar-refractivity contribution in [3.8, 4) is 0 Å². The van der Waals surface area contributed by atoms with Crippen molar-refractivity contribution in [1.82, 2.24) is 0 Å². The molecule has 2 fully saturated rings. The molecule has 8 nitrogen and oxygen atoms in total. The Kier molecular flexibility index (Phi) is 10.1. The van der Waals surface area contributed by atoms with E-state index in [-0.39, 0.29) is 49.0 Å². The molecule has 0 aromatic rings. The first-order valence-electron chi connectivity index (χ1n) is 14.8. The third-order valence-corrected chi connectivity index (χ3v) is 10.3. The van der Waals surface area contributed by atoms with E-state index < -0.39 is 35.8 Å². The van der Waals surface area contributed by atoms with E-state index in [1.165, 1.54) is 20.3 Å². The van der Waals surface area contributed by atoms with Crippen molar-refractivity contribution in [3.63, 3.8) is 0 Å². The number of fused-ring (bicyclic) bond motifs is 1. The maximum Gasteiger partial charge on any atom is 0.303 e. The van der Waals surface area contributed by atoms with Crippen LogP contribution in [0, 0.1) is 34.5 Å². The monoisotopic (exact) mass is 550 g/mol. The molecule has 0 radical (unpaired) electrons. The second kappa shape index (κ2) is 12.4. The third kappa shape index (κ3) is 5.98. The summed E-state index contributed by atoms with van der Waals surface area (Å²) in [5.74, 6) is -0.0308. The molecule has 0 spiro atoms. The largest absolute Gasteiger partial charge is 0.466 e. The zero-order valence-corrected chi connectivity index (χ0v) is 24.7. The molecule has 0 saturated heterocycles. The number of ketones is 1. The van der Waals surface area contributed by atoms with E-state index in [1.807, 2.05) is 0 Å². The Balaban J connectivity index is 1.97. The van der Waals surface area contributed by atoms with Crippen LogP contribution >= 0.6 is 0 Å². The molecule has 2 saturated carbocycles. The minimum atomic E-state index is -1.90. The Morgan fingerprint density at radius 3 is 2.38 bits per heavy atom. The number of carbonyl (C=O) groups excluding carboxylic acids is 3. The minimum Gasteiger partial charge on any atom is -0.466 e. The van der Waals surface area contributed by atoms with Crippen molar-refractivity contribution in [2.24, 2.45) is 34.5 Å². The summed E-state index contributed by atoms with van der Waals surface area (Å²) in [6.07, 6.45) is 5.31. The quantitative estimate of drug-likeness (QED) is 0.328. The van der Waals surface area contributed by atoms with E-state index in [9.17, 15) is 29.7 Å². The zero-order chi connectivity index (χ0) is 29.2. The minimum absolute atomic E-state index is 0.00518. The summed E-state index contributed by atoms with van der Waals surface area (Å²) in [5.41, 5.74) is -3.17. The number of esters is 2. The van der Waals surface area contributed by atoms with E-state index in [0.29, 0.717) is 29.7 Å². The summed E-state index contributed by atoms with van der Waals surface area (Å²) < 4.78 is 10.7. The Hall–Kier alpha value is -1.77. The molecular formula is C31H50O8. The average molecular weight is 551 g/mol. The number of Topliss-reactive ketones (excluding diaryl/α,β-unsaturated/α-hetero) is 1. The summed E-state index contributed by atoms with van der Waals surface area (Å²) >= 11 is 0. The van der Waals surface area contributed by atoms with Gasteiger partial charge in [-0.1, -0.05) is 53.0 Å². The molecule has 0 heterocycles. The molecule has 3 rings (SSSR count). The van der Waals surface area contributed by atoms with Crippen molar-refractivity contribution in [2.75, 3.05) is 13.2 Å². The van der Waals surface area contributed by atoms with E-state index >= 15 is 0 Å². The maximum atomic E-state index is 14.3. The summed E-state index contributed by atoms with van der Waals surface area (Å²) in [7, 11) is 0. The summed E-state index contributed by atoms with van der Waals surface area (Å²) in [5, 5.41) is 33.1. The Morgan fingerprint density at radius 2 is 1.79 bits per heavy atom. The van der Waals surface area contributed by atoms with Crippen molar-refractivity contribution in [3.05, 3.63) is 11.6 Å². The second-order valence-electron chi connectivity index (χ2n) is 13.1. The zero-order valence-electron chi connectivity index (χ0n) is 24.7. The van der Waals surface area contributed by atoms with Gasteiger partial charge < -0.3 is 24.8 Å². The molecule has 0 unspecified atom stereocenters. The Bertz CT molecular complexity index is 943. The SMILES string of the molecule is CC(=O)OCC[C@]1(C)[C@@H]([C@H](C)CCCC(C)C)CC[C@H]1C1=CC[C@@]2(O)[C@H](OC(C)=O)[C@@H](O)CC[C@]2(CO)C1=O. The van der Waals surface area contributed by atoms with Crippen LogP contribution < -0.4 is 0 Å². The van der Waals surface area contributed by atoms with E-state index in [4.69, 9.17) is 9.47 Å². The fourth-order valence-corrected chi connectivity index (χ4v) is 8.08. The second-order valence-corrected chi connectivity index (χ2v) is 13.1. The number of aliphatic hydroxyl groups excluding tert-OH is 2. The molecular weight excluding hydrogens is 500 g/mol. The standard InChI is InChI=1S/C31H50O8/c1-19(2)8-7-9-20(3)24-10-11-25(29(24,6)16-17-38-21(4)33)23-12-15-31(37)28(39-22(5)34)26(35)13-14-30(31,18-32)27(23)36/h12,19-20,24-26,28,32,35,37H,7-11,13-18H2,1-6H3/t20-,24-,25+,26+,28-,29-,30+,31-/m1/s1. The molecule has 39 heavy (non-hydrogen) atoms. The molecule has 0 aromatic heterocycles. The highest BCUT2D eigenvalue weighted by molar-refractivity contribution is 6.03. The van der Waals surface area contributed by atoms with Crippen LogP contribution in [0.3, 0.4) is 0 Å². The van der Waals surface area contributed by atoms with Gasteiger partial charge in [0.2, 0.25) is 0 Å². The van der Waals surface area contributed by atoms with Crippen LogP contribution in [0.4, 0.5) is 0 Å². The summed E-state index contributed by atoms with van der Waals surface area (Å²) in [4.78, 5) is 37.8. The van der Waals surface area contributed by atoms with Crippen LogP contribution in [-0.2, 0) is 23.9 Å². The van der Waals surface area contributed by atoms with Crippen LogP contribution in [0.25, 0.3) is 0 Å². The van der Waals surface area contributed by atoms with Gasteiger partial charge in [0.25, 0.3) is 0 Å². The first kappa shape index (κ1) is 31.8. The molecule has 8 atom stereocenters. The van der Waals surface area contributed by atoms with Gasteiger partial charge in [0.15, 0.2) is 11.9 Å². The smallest absolute Gasteiger partial charge is 0.303 e. The fraction of sp³-hybridized carbons (Fsp3) is 0.839. The van der Waals surface area contributed by atoms with Gasteiger partial charge in [-0.3, -0.25) is 14.4 Å². The van der Waals surface area contributed by atoms with Crippen molar-refractivity contribution in [2.45, 2.75) is 117 Å². The molecule has 0 aliphatic heterocycles. The van der Waals surface area contributed by atoms with Gasteiger partial charge in [-0.25, -0.2) is 0 Å². The number of hydrogen-bond acceptors (Lipinski definition) is 8. The molecule has 3 aliphatic carbocycles. The van der Waals surface area contributed by atoms with Crippen LogP contribution in [0.5, 0.6) is 0 Å². The maximum absolute atomic E-state index is 14.3. The van der Waals surface area contributed by atoms with Crippen molar-refractivity contribution < 1.29 is 39.2 Å². The van der Waals surface area contributed by atoms with E-state index in [1.54, 1.807) is 6.08 Å². The van der Waals surface area contributed by atoms with Gasteiger partial charge in [0, 0.05) is 13.8 Å². The van der Waals surface area contributed by atoms with Crippen LogP contribution in [0.15, 0.2) is 11.6 Å². The topological polar surface area (TPSA) is 130 Å². The van der Waals surface area contributed by atoms with E-state index in [0.717, 1.165) is 25.7 Å². The van der Waals surface area contributed by atoms with Gasteiger partial charge in [-0.05, 0) is 73.2 Å². The molecule has 8 heteroatoms. The average Bonchev–Trinajstić information content (AvgIpc) is 3.18. The van der Waals surface area contributed by atoms with Gasteiger partial charge >= 0.3 is 11.9 Å². The van der Waals surface area contributed by atoms with Crippen LogP contribution in [-0.4, -0.2) is 64.1 Å². The first-order chi connectivity index (χ1) is 18.2. The number of ether oxygens (including phenoxy) is 2. The van der Waals surface area contributed by atoms with Crippen molar-refractivity contribution >= 4 is 17.7 Å². The van der Waals surface area contributed by atoms with Crippen LogP contribution in [0.1, 0.15) is 99.3 Å². The molecule has 222 valence electrons. The summed E-state index contributed by atoms with van der Waals surface area (Å²) in [6.45, 7) is 11.2. The number of hydrogen-bond donors (Lipinski definition) is 3. The highest BCUT2D eigenvalue weighted by Gasteiger charge is 2.67. The van der Waals surface area contributed by atoms with Gasteiger partial charge in [0.1, 0.15) is 5.60 Å². The normalized spacial score (nSPS) is 37.3. The predicted molar refractivity (Wildman–Crippen MR) is 146 cm³/mol. The first-order valence-corrected chi connectivity index (χ1v) is 14.8. The number of rotatable bonds is 11. The molecule has 3 aliphatic rings. The lowest BCUT2D eigenvalue weighted by molar-refractivity contribution is -0.236. The fourth-order valence-electron chi connectivity index (χ4n) is 8.08.